The number of amides is 4. The number of carbonyl (C=O) groups is 4. The number of unbranched alkanes of at least 4 members (excludes halogenated alkanes) is 2. The van der Waals surface area contributed by atoms with Gasteiger partial charge in [-0.15, -0.1) is 0 Å². The summed E-state index contributed by atoms with van der Waals surface area (Å²) in [7, 11) is 0. The molecule has 0 radical (unpaired) electrons. The van der Waals surface area contributed by atoms with Crippen molar-refractivity contribution in [3.63, 3.8) is 0 Å². The van der Waals surface area contributed by atoms with Crippen LogP contribution in [0.5, 0.6) is 5.75 Å². The van der Waals surface area contributed by atoms with Gasteiger partial charge in [-0.3, -0.25) is 14.4 Å². The van der Waals surface area contributed by atoms with E-state index in [1.165, 1.54) is 4.90 Å². The first kappa shape index (κ1) is 32.7. The van der Waals surface area contributed by atoms with Gasteiger partial charge >= 0.3 is 6.09 Å². The lowest BCUT2D eigenvalue weighted by Crippen LogP contribution is -2.60. The standard InChI is InChI=1S/C28H46N4O6/c1-9-11-12-16-30-24(35)22(19-15-13-14-18(3)23(19)34)32(28(7,8)10-2)25(36)20(17-21(29)33)31-26(37)38-27(4,5)6/h13-15,20,22,34H,9-12,16-17H2,1-8H3,(H2,29,33)(H,30,35)(H,31,37). The predicted molar refractivity (Wildman–Crippen MR) is 146 cm³/mol. The van der Waals surface area contributed by atoms with Crippen LogP contribution >= 0.6 is 0 Å². The van der Waals surface area contributed by atoms with E-state index in [0.717, 1.165) is 19.3 Å². The molecule has 214 valence electrons. The molecular formula is C28H46N4O6. The molecule has 0 aromatic heterocycles. The molecule has 10 heteroatoms. The molecule has 0 aliphatic carbocycles. The van der Waals surface area contributed by atoms with E-state index in [2.05, 4.69) is 17.6 Å². The molecule has 0 fully saturated rings. The molecule has 1 rings (SSSR count). The molecule has 1 aromatic rings. The topological polar surface area (TPSA) is 151 Å². The van der Waals surface area contributed by atoms with Crippen molar-refractivity contribution < 1.29 is 29.0 Å². The molecule has 1 aromatic carbocycles. The van der Waals surface area contributed by atoms with Crippen molar-refractivity contribution in [2.45, 2.75) is 111 Å². The summed E-state index contributed by atoms with van der Waals surface area (Å²) in [6, 6.07) is 2.36. The Morgan fingerprint density at radius 3 is 2.24 bits per heavy atom. The fourth-order valence-electron chi connectivity index (χ4n) is 3.95. The molecule has 2 unspecified atom stereocenters. The van der Waals surface area contributed by atoms with Crippen LogP contribution in [0.4, 0.5) is 4.79 Å². The van der Waals surface area contributed by atoms with Gasteiger partial charge in [0.1, 0.15) is 23.4 Å². The number of nitrogens with two attached hydrogens (primary N) is 1. The summed E-state index contributed by atoms with van der Waals surface area (Å²) in [5, 5.41) is 16.3. The maximum atomic E-state index is 14.2. The molecule has 10 nitrogen and oxygen atoms in total. The summed E-state index contributed by atoms with van der Waals surface area (Å²) in [5.74, 6) is -2.10. The number of aromatic hydroxyl groups is 1. The van der Waals surface area contributed by atoms with E-state index in [4.69, 9.17) is 10.5 Å². The number of nitrogens with one attached hydrogen (secondary N) is 2. The number of phenolic OH excluding ortho intramolecular Hbond substituents is 1. The Morgan fingerprint density at radius 2 is 1.71 bits per heavy atom. The van der Waals surface area contributed by atoms with Gasteiger partial charge < -0.3 is 31.1 Å². The number of nitrogens with zero attached hydrogens (tertiary/aromatic N) is 1. The average molecular weight is 535 g/mol. The Morgan fingerprint density at radius 1 is 1.08 bits per heavy atom. The van der Waals surface area contributed by atoms with Crippen molar-refractivity contribution in [3.05, 3.63) is 29.3 Å². The maximum Gasteiger partial charge on any atom is 0.408 e. The van der Waals surface area contributed by atoms with Crippen LogP contribution in [0.3, 0.4) is 0 Å². The Kier molecular flexibility index (Phi) is 12.1. The minimum Gasteiger partial charge on any atom is -0.507 e. The lowest BCUT2D eigenvalue weighted by molar-refractivity contribution is -0.150. The summed E-state index contributed by atoms with van der Waals surface area (Å²) in [4.78, 5) is 53.7. The fraction of sp³-hybridized carbons (Fsp3) is 0.643. The summed E-state index contributed by atoms with van der Waals surface area (Å²) in [5.41, 5.74) is 4.44. The van der Waals surface area contributed by atoms with Gasteiger partial charge in [-0.1, -0.05) is 44.9 Å². The number of ether oxygens (including phenoxy) is 1. The highest BCUT2D eigenvalue weighted by atomic mass is 16.6. The number of carbonyl (C=O) groups excluding carboxylic acids is 4. The molecule has 0 bridgehead atoms. The molecule has 0 spiro atoms. The normalized spacial score (nSPS) is 13.3. The molecule has 0 aliphatic heterocycles. The number of alkyl carbamates (subject to hydrolysis) is 1. The molecule has 5 N–H and O–H groups in total. The van der Waals surface area contributed by atoms with Crippen molar-refractivity contribution >= 4 is 23.8 Å². The van der Waals surface area contributed by atoms with Crippen LogP contribution in [0.1, 0.15) is 97.7 Å². The average Bonchev–Trinajstić information content (AvgIpc) is 2.79. The van der Waals surface area contributed by atoms with Gasteiger partial charge in [-0.05, 0) is 59.9 Å². The van der Waals surface area contributed by atoms with Crippen molar-refractivity contribution in [2.75, 3.05) is 6.54 Å². The second kappa shape index (κ2) is 14.0. The molecule has 38 heavy (non-hydrogen) atoms. The molecule has 2 atom stereocenters. The highest BCUT2D eigenvalue weighted by molar-refractivity contribution is 5.95. The van der Waals surface area contributed by atoms with Crippen LogP contribution in [0.2, 0.25) is 0 Å². The molecule has 4 amide bonds. The van der Waals surface area contributed by atoms with Gasteiger partial charge in [-0.2, -0.15) is 0 Å². The monoisotopic (exact) mass is 534 g/mol. The predicted octanol–water partition coefficient (Wildman–Crippen LogP) is 3.83. The van der Waals surface area contributed by atoms with Crippen LogP contribution in [0, 0.1) is 6.92 Å². The Labute approximate surface area is 226 Å². The number of hydrogen-bond donors (Lipinski definition) is 4. The highest BCUT2D eigenvalue weighted by Gasteiger charge is 2.44. The number of para-hydroxylation sites is 1. The second-order valence-electron chi connectivity index (χ2n) is 11.2. The van der Waals surface area contributed by atoms with Crippen molar-refractivity contribution in [1.29, 1.82) is 0 Å². The minimum atomic E-state index is -1.39. The number of hydrogen-bond acceptors (Lipinski definition) is 6. The van der Waals surface area contributed by atoms with Crippen LogP contribution < -0.4 is 16.4 Å². The van der Waals surface area contributed by atoms with Crippen molar-refractivity contribution in [2.24, 2.45) is 5.73 Å². The second-order valence-corrected chi connectivity index (χ2v) is 11.2. The lowest BCUT2D eigenvalue weighted by atomic mass is 9.90. The number of benzene rings is 1. The summed E-state index contributed by atoms with van der Waals surface area (Å²) >= 11 is 0. The van der Waals surface area contributed by atoms with E-state index in [1.54, 1.807) is 59.7 Å². The molecule has 0 saturated carbocycles. The zero-order valence-corrected chi connectivity index (χ0v) is 24.1. The molecule has 0 heterocycles. The van der Waals surface area contributed by atoms with Gasteiger partial charge in [0.15, 0.2) is 0 Å². The van der Waals surface area contributed by atoms with Crippen molar-refractivity contribution in [3.8, 4) is 5.75 Å². The fourth-order valence-corrected chi connectivity index (χ4v) is 3.95. The molecule has 0 aliphatic rings. The number of primary amides is 1. The summed E-state index contributed by atoms with van der Waals surface area (Å²) < 4.78 is 5.30. The van der Waals surface area contributed by atoms with Crippen LogP contribution in [0.25, 0.3) is 0 Å². The van der Waals surface area contributed by atoms with E-state index in [9.17, 15) is 24.3 Å². The van der Waals surface area contributed by atoms with E-state index >= 15 is 0 Å². The third kappa shape index (κ3) is 9.54. The Balaban J connectivity index is 3.67. The number of phenols is 1. The summed E-state index contributed by atoms with van der Waals surface area (Å²) in [6.07, 6.45) is 1.68. The first-order valence-corrected chi connectivity index (χ1v) is 13.2. The van der Waals surface area contributed by atoms with Crippen molar-refractivity contribution in [1.82, 2.24) is 15.5 Å². The zero-order chi connectivity index (χ0) is 29.3. The molecular weight excluding hydrogens is 488 g/mol. The minimum absolute atomic E-state index is 0.113. The summed E-state index contributed by atoms with van der Waals surface area (Å²) in [6.45, 7) is 14.6. The zero-order valence-electron chi connectivity index (χ0n) is 24.1. The quantitative estimate of drug-likeness (QED) is 0.282. The Hall–Kier alpha value is -3.30. The Bertz CT molecular complexity index is 986. The van der Waals surface area contributed by atoms with E-state index < -0.39 is 53.5 Å². The third-order valence-electron chi connectivity index (χ3n) is 6.30. The third-order valence-corrected chi connectivity index (χ3v) is 6.30. The van der Waals surface area contributed by atoms with Gasteiger partial charge in [-0.25, -0.2) is 4.79 Å². The number of aryl methyl sites for hydroxylation is 1. The van der Waals surface area contributed by atoms with Crippen LogP contribution in [-0.4, -0.2) is 57.5 Å². The van der Waals surface area contributed by atoms with Gasteiger partial charge in [0.25, 0.3) is 0 Å². The first-order valence-electron chi connectivity index (χ1n) is 13.2. The van der Waals surface area contributed by atoms with Crippen LogP contribution in [0.15, 0.2) is 18.2 Å². The van der Waals surface area contributed by atoms with E-state index in [-0.39, 0.29) is 11.3 Å². The SMILES string of the molecule is CCCCCNC(=O)C(c1cccc(C)c1O)N(C(=O)C(CC(N)=O)NC(=O)OC(C)(C)C)C(C)(C)CC. The first-order chi connectivity index (χ1) is 17.6. The van der Waals surface area contributed by atoms with Gasteiger partial charge in [0.05, 0.1) is 6.42 Å². The maximum absolute atomic E-state index is 14.2. The highest BCUT2D eigenvalue weighted by Crippen LogP contribution is 2.37. The lowest BCUT2D eigenvalue weighted by Gasteiger charge is -2.44. The van der Waals surface area contributed by atoms with Gasteiger partial charge in [0.2, 0.25) is 17.7 Å². The van der Waals surface area contributed by atoms with E-state index in [0.29, 0.717) is 18.5 Å². The largest absolute Gasteiger partial charge is 0.507 e. The molecule has 0 saturated heterocycles. The smallest absolute Gasteiger partial charge is 0.408 e. The van der Waals surface area contributed by atoms with Crippen LogP contribution in [-0.2, 0) is 19.1 Å². The van der Waals surface area contributed by atoms with Gasteiger partial charge in [0, 0.05) is 17.6 Å². The number of rotatable bonds is 13. The van der Waals surface area contributed by atoms with E-state index in [1.807, 2.05) is 6.92 Å².